The van der Waals surface area contributed by atoms with Gasteiger partial charge in [0.25, 0.3) is 0 Å². The van der Waals surface area contributed by atoms with Gasteiger partial charge in [-0.2, -0.15) is 0 Å². The van der Waals surface area contributed by atoms with Crippen LogP contribution in [0.2, 0.25) is 0 Å². The zero-order valence-electron chi connectivity index (χ0n) is 9.38. The van der Waals surface area contributed by atoms with E-state index in [2.05, 4.69) is 6.92 Å². The Hall–Kier alpha value is -0.590. The van der Waals surface area contributed by atoms with Gasteiger partial charge in [0, 0.05) is 11.6 Å². The molecule has 7 unspecified atom stereocenters. The molecule has 1 spiro atoms. The zero-order chi connectivity index (χ0) is 10.1. The van der Waals surface area contributed by atoms with Crippen LogP contribution in [0.3, 0.4) is 0 Å². The van der Waals surface area contributed by atoms with E-state index in [9.17, 15) is 0 Å². The highest BCUT2D eigenvalue weighted by molar-refractivity contribution is 5.87. The molecule has 1 heteroatoms. The molecule has 15 heavy (non-hydrogen) atoms. The fourth-order valence-corrected chi connectivity index (χ4v) is 6.74. The average molecular weight is 199 g/mol. The number of rotatable bonds is 1. The van der Waals surface area contributed by atoms with Crippen LogP contribution in [0.15, 0.2) is 11.1 Å². The van der Waals surface area contributed by atoms with Gasteiger partial charge >= 0.3 is 0 Å². The van der Waals surface area contributed by atoms with Crippen LogP contribution >= 0.6 is 0 Å². The number of fused-ring (bicyclic) bond motifs is 1. The third-order valence-corrected chi connectivity index (χ3v) is 6.73. The van der Waals surface area contributed by atoms with Crippen molar-refractivity contribution < 1.29 is 0 Å². The van der Waals surface area contributed by atoms with E-state index in [1.54, 1.807) is 5.57 Å². The summed E-state index contributed by atoms with van der Waals surface area (Å²) in [6.07, 6.45) is 2.89. The Bertz CT molecular complexity index is 460. The van der Waals surface area contributed by atoms with Crippen LogP contribution in [0.25, 0.3) is 0 Å². The first-order valence-corrected chi connectivity index (χ1v) is 6.46. The maximum atomic E-state index is 8.04. The van der Waals surface area contributed by atoms with Gasteiger partial charge in [-0.25, -0.2) is 0 Å². The first-order chi connectivity index (χ1) is 7.18. The second-order valence-corrected chi connectivity index (χ2v) is 6.73. The highest BCUT2D eigenvalue weighted by Gasteiger charge is 2.84. The SMILES string of the molecule is CC(=N)C1C2=C3C(C2)C2CC34C1C(C)C24. The lowest BCUT2D eigenvalue weighted by Gasteiger charge is -2.67. The van der Waals surface area contributed by atoms with E-state index in [0.717, 1.165) is 35.3 Å². The molecule has 5 aliphatic carbocycles. The molecule has 0 saturated heterocycles. The second-order valence-electron chi connectivity index (χ2n) is 6.73. The molecular formula is C14H17N. The number of hydrogen-bond acceptors (Lipinski definition) is 1. The summed E-state index contributed by atoms with van der Waals surface area (Å²) in [5.74, 6) is 5.53. The van der Waals surface area contributed by atoms with Crippen LogP contribution in [0.4, 0.5) is 0 Å². The lowest BCUT2D eigenvalue weighted by Crippen LogP contribution is -2.63. The minimum atomic E-state index is 0.587. The van der Waals surface area contributed by atoms with Crippen molar-refractivity contribution in [2.75, 3.05) is 0 Å². The van der Waals surface area contributed by atoms with E-state index in [4.69, 9.17) is 5.41 Å². The average Bonchev–Trinajstić information content (AvgIpc) is 2.47. The predicted molar refractivity (Wildman–Crippen MR) is 58.7 cm³/mol. The third-order valence-electron chi connectivity index (χ3n) is 6.73. The molecule has 0 aromatic rings. The lowest BCUT2D eigenvalue weighted by molar-refractivity contribution is -0.181. The molecule has 0 aromatic carbocycles. The molecule has 1 nitrogen and oxygen atoms in total. The van der Waals surface area contributed by atoms with Crippen molar-refractivity contribution in [3.8, 4) is 0 Å². The van der Waals surface area contributed by atoms with Gasteiger partial charge < -0.3 is 5.41 Å². The smallest absolute Gasteiger partial charge is 0.0215 e. The Morgan fingerprint density at radius 2 is 2.20 bits per heavy atom. The summed E-state index contributed by atoms with van der Waals surface area (Å²) in [6, 6.07) is 0. The molecule has 5 rings (SSSR count). The maximum Gasteiger partial charge on any atom is 0.0215 e. The molecule has 0 amide bonds. The van der Waals surface area contributed by atoms with Crippen LogP contribution in [-0.4, -0.2) is 5.71 Å². The summed E-state index contributed by atoms with van der Waals surface area (Å²) in [5.41, 5.74) is 5.29. The quantitative estimate of drug-likeness (QED) is 0.496. The Labute approximate surface area is 90.5 Å². The van der Waals surface area contributed by atoms with Gasteiger partial charge in [0.2, 0.25) is 0 Å². The molecule has 0 aromatic heterocycles. The topological polar surface area (TPSA) is 23.9 Å². The third kappa shape index (κ3) is 0.448. The Balaban J connectivity index is 1.77. The summed E-state index contributed by atoms with van der Waals surface area (Å²) in [6.45, 7) is 4.50. The van der Waals surface area contributed by atoms with Crippen LogP contribution in [-0.2, 0) is 0 Å². The summed E-state index contributed by atoms with van der Waals surface area (Å²) in [4.78, 5) is 0. The summed E-state index contributed by atoms with van der Waals surface area (Å²) < 4.78 is 0. The standard InChI is InChI=1S/C14H17N/c1-5-11-9-4-14(11)12(5)10(6(2)15)8-3-7(9)13(8)14/h5,7,9-12,15H,3-4H2,1-2H3. The van der Waals surface area contributed by atoms with Crippen molar-refractivity contribution in [2.24, 2.45) is 40.9 Å². The molecule has 0 aliphatic heterocycles. The largest absolute Gasteiger partial charge is 0.309 e. The number of nitrogens with one attached hydrogen (secondary N) is 1. The van der Waals surface area contributed by atoms with Crippen LogP contribution in [0.1, 0.15) is 26.7 Å². The molecule has 0 heterocycles. The van der Waals surface area contributed by atoms with Crippen molar-refractivity contribution in [3.63, 3.8) is 0 Å². The first-order valence-electron chi connectivity index (χ1n) is 6.46. The molecule has 5 aliphatic rings. The van der Waals surface area contributed by atoms with Crippen molar-refractivity contribution in [1.82, 2.24) is 0 Å². The molecule has 3 saturated carbocycles. The zero-order valence-corrected chi connectivity index (χ0v) is 9.38. The van der Waals surface area contributed by atoms with Gasteiger partial charge in [-0.15, -0.1) is 0 Å². The van der Waals surface area contributed by atoms with Crippen molar-refractivity contribution in [1.29, 1.82) is 5.41 Å². The summed E-state index contributed by atoms with van der Waals surface area (Å²) >= 11 is 0. The van der Waals surface area contributed by atoms with Gasteiger partial charge in [-0.3, -0.25) is 0 Å². The minimum absolute atomic E-state index is 0.587. The van der Waals surface area contributed by atoms with E-state index in [0.29, 0.717) is 11.3 Å². The molecule has 2 bridgehead atoms. The highest BCUT2D eigenvalue weighted by Crippen LogP contribution is 2.90. The predicted octanol–water partition coefficient (Wildman–Crippen LogP) is 2.87. The van der Waals surface area contributed by atoms with Crippen LogP contribution < -0.4 is 0 Å². The Morgan fingerprint density at radius 1 is 1.40 bits per heavy atom. The molecule has 0 radical (unpaired) electrons. The van der Waals surface area contributed by atoms with E-state index in [-0.39, 0.29) is 0 Å². The summed E-state index contributed by atoms with van der Waals surface area (Å²) in [5, 5.41) is 8.04. The van der Waals surface area contributed by atoms with Crippen molar-refractivity contribution in [3.05, 3.63) is 11.1 Å². The van der Waals surface area contributed by atoms with Gasteiger partial charge in [-0.1, -0.05) is 18.1 Å². The van der Waals surface area contributed by atoms with Gasteiger partial charge in [-0.05, 0) is 54.8 Å². The van der Waals surface area contributed by atoms with Gasteiger partial charge in [0.1, 0.15) is 0 Å². The minimum Gasteiger partial charge on any atom is -0.309 e. The molecule has 7 atom stereocenters. The lowest BCUT2D eigenvalue weighted by atomic mass is 9.36. The Morgan fingerprint density at radius 3 is 2.93 bits per heavy atom. The number of hydrogen-bond donors (Lipinski definition) is 1. The van der Waals surface area contributed by atoms with Crippen LogP contribution in [0.5, 0.6) is 0 Å². The molecule has 1 N–H and O–H groups in total. The van der Waals surface area contributed by atoms with Gasteiger partial charge in [0.15, 0.2) is 0 Å². The normalized spacial score (nSPS) is 65.7. The maximum absolute atomic E-state index is 8.04. The van der Waals surface area contributed by atoms with Crippen molar-refractivity contribution >= 4 is 5.71 Å². The fourth-order valence-electron chi connectivity index (χ4n) is 6.74. The monoisotopic (exact) mass is 199 g/mol. The van der Waals surface area contributed by atoms with E-state index in [1.807, 2.05) is 12.5 Å². The van der Waals surface area contributed by atoms with Crippen molar-refractivity contribution in [2.45, 2.75) is 26.7 Å². The fraction of sp³-hybridized carbons (Fsp3) is 0.786. The van der Waals surface area contributed by atoms with E-state index < -0.39 is 0 Å². The highest BCUT2D eigenvalue weighted by atomic mass is 14.9. The van der Waals surface area contributed by atoms with E-state index in [1.165, 1.54) is 12.8 Å². The first kappa shape index (κ1) is 7.65. The van der Waals surface area contributed by atoms with Crippen LogP contribution in [0, 0.1) is 46.3 Å². The van der Waals surface area contributed by atoms with E-state index >= 15 is 0 Å². The Kier molecular flexibility index (Phi) is 0.889. The molecule has 3 fully saturated rings. The second kappa shape index (κ2) is 1.74. The number of allylic oxidation sites excluding steroid dienone is 2. The van der Waals surface area contributed by atoms with Gasteiger partial charge in [0.05, 0.1) is 0 Å². The summed E-state index contributed by atoms with van der Waals surface area (Å²) in [7, 11) is 0. The molecule has 78 valence electrons. The molecular weight excluding hydrogens is 182 g/mol.